The van der Waals surface area contributed by atoms with Crippen LogP contribution < -0.4 is 0 Å². The first-order valence-electron chi connectivity index (χ1n) is 10.7. The quantitative estimate of drug-likeness (QED) is 0.657. The summed E-state index contributed by atoms with van der Waals surface area (Å²) in [7, 11) is 0. The van der Waals surface area contributed by atoms with Gasteiger partial charge in [-0.25, -0.2) is 0 Å². The normalized spacial score (nSPS) is 40.8. The molecular weight excluding hydrogens is 372 g/mol. The van der Waals surface area contributed by atoms with Crippen molar-refractivity contribution in [2.24, 2.45) is 5.92 Å². The van der Waals surface area contributed by atoms with E-state index >= 15 is 0 Å². The van der Waals surface area contributed by atoms with Crippen LogP contribution >= 0.6 is 0 Å². The van der Waals surface area contributed by atoms with E-state index in [-0.39, 0.29) is 17.5 Å². The zero-order valence-electron chi connectivity index (χ0n) is 17.5. The molecule has 0 aromatic heterocycles. The Morgan fingerprint density at radius 1 is 1.07 bits per heavy atom. The predicted octanol–water partition coefficient (Wildman–Crippen LogP) is 3.58. The van der Waals surface area contributed by atoms with Crippen molar-refractivity contribution in [3.05, 3.63) is 23.3 Å². The van der Waals surface area contributed by atoms with E-state index in [0.717, 1.165) is 36.8 Å². The van der Waals surface area contributed by atoms with Crippen LogP contribution in [0.2, 0.25) is 0 Å². The molecule has 5 atom stereocenters. The Morgan fingerprint density at radius 3 is 2.55 bits per heavy atom. The predicted molar refractivity (Wildman–Crippen MR) is 105 cm³/mol. The number of ether oxygens (including phenoxy) is 3. The number of carbonyl (C=O) groups excluding carboxylic acids is 3. The van der Waals surface area contributed by atoms with Crippen molar-refractivity contribution in [2.45, 2.75) is 95.5 Å². The van der Waals surface area contributed by atoms with Crippen LogP contribution in [-0.4, -0.2) is 41.1 Å². The Kier molecular flexibility index (Phi) is 5.18. The highest BCUT2D eigenvalue weighted by Crippen LogP contribution is 2.59. The second-order valence-corrected chi connectivity index (χ2v) is 8.98. The van der Waals surface area contributed by atoms with Crippen LogP contribution in [0.3, 0.4) is 0 Å². The fraction of sp³-hybridized carbons (Fsp3) is 0.696. The standard InChI is InChI=1S/C23H30O6/c1-14-7-8-18(26)6-4-5-17-13-19-21(28-16(3)25)20(27-15(2)24)9-10-22(19)11-12-23(14,17)29-22/h5,13-14,20-21H,4,6-12H2,1-3H3/b17-5-/t14-,20?,21+,22-,23-/m0/s1. The van der Waals surface area contributed by atoms with Crippen LogP contribution in [0.5, 0.6) is 0 Å². The van der Waals surface area contributed by atoms with Gasteiger partial charge >= 0.3 is 11.9 Å². The van der Waals surface area contributed by atoms with Gasteiger partial charge in [-0.05, 0) is 50.0 Å². The lowest BCUT2D eigenvalue weighted by Gasteiger charge is -2.49. The third-order valence-electron chi connectivity index (χ3n) is 7.13. The van der Waals surface area contributed by atoms with Gasteiger partial charge < -0.3 is 14.2 Å². The van der Waals surface area contributed by atoms with Crippen LogP contribution in [0, 0.1) is 5.92 Å². The second-order valence-electron chi connectivity index (χ2n) is 8.98. The highest BCUT2D eigenvalue weighted by atomic mass is 16.6. The Morgan fingerprint density at radius 2 is 1.83 bits per heavy atom. The van der Waals surface area contributed by atoms with E-state index in [1.54, 1.807) is 0 Å². The number of hydrogen-bond acceptors (Lipinski definition) is 6. The second kappa shape index (κ2) is 7.38. The summed E-state index contributed by atoms with van der Waals surface area (Å²) >= 11 is 0. The first-order valence-corrected chi connectivity index (χ1v) is 10.7. The summed E-state index contributed by atoms with van der Waals surface area (Å²) < 4.78 is 18.1. The van der Waals surface area contributed by atoms with Gasteiger partial charge in [-0.3, -0.25) is 14.4 Å². The summed E-state index contributed by atoms with van der Waals surface area (Å²) in [6.45, 7) is 4.93. The molecule has 4 aliphatic rings. The van der Waals surface area contributed by atoms with E-state index < -0.39 is 23.8 Å². The summed E-state index contributed by atoms with van der Waals surface area (Å²) in [6, 6.07) is 0. The minimum absolute atomic E-state index is 0.228. The number of rotatable bonds is 2. The van der Waals surface area contributed by atoms with Crippen molar-refractivity contribution in [3.8, 4) is 0 Å². The van der Waals surface area contributed by atoms with Gasteiger partial charge in [0, 0.05) is 32.3 Å². The zero-order valence-corrected chi connectivity index (χ0v) is 17.5. The Bertz CT molecular complexity index is 795. The molecule has 0 N–H and O–H groups in total. The first kappa shape index (κ1) is 20.3. The van der Waals surface area contributed by atoms with Crippen molar-refractivity contribution >= 4 is 17.7 Å². The van der Waals surface area contributed by atoms with Gasteiger partial charge in [-0.2, -0.15) is 0 Å². The molecule has 6 nitrogen and oxygen atoms in total. The molecule has 2 spiro atoms. The maximum atomic E-state index is 12.1. The topological polar surface area (TPSA) is 78.9 Å². The van der Waals surface area contributed by atoms with Crippen LogP contribution in [0.25, 0.3) is 0 Å². The third kappa shape index (κ3) is 3.45. The molecule has 1 saturated heterocycles. The maximum absolute atomic E-state index is 12.1. The summed E-state index contributed by atoms with van der Waals surface area (Å²) in [5.41, 5.74) is 1.12. The molecule has 1 saturated carbocycles. The lowest BCUT2D eigenvalue weighted by atomic mass is 9.73. The highest BCUT2D eigenvalue weighted by Gasteiger charge is 2.61. The van der Waals surface area contributed by atoms with Gasteiger partial charge in [-0.15, -0.1) is 0 Å². The molecule has 0 aromatic carbocycles. The fourth-order valence-electron chi connectivity index (χ4n) is 5.69. The van der Waals surface area contributed by atoms with Gasteiger partial charge in [-0.1, -0.05) is 19.1 Å². The molecule has 4 rings (SSSR count). The number of carbonyl (C=O) groups is 3. The van der Waals surface area contributed by atoms with Gasteiger partial charge in [0.05, 0.1) is 11.2 Å². The molecule has 2 heterocycles. The van der Waals surface area contributed by atoms with Crippen LogP contribution in [0.1, 0.15) is 72.1 Å². The summed E-state index contributed by atoms with van der Waals surface area (Å²) in [6.07, 6.45) is 8.84. The maximum Gasteiger partial charge on any atom is 0.303 e. The molecule has 158 valence electrons. The molecule has 2 aliphatic heterocycles. The molecule has 6 heteroatoms. The number of Topliss-reactive ketones (excluding diaryl/α,β-unsaturated/α-hetero) is 1. The third-order valence-corrected chi connectivity index (χ3v) is 7.13. The monoisotopic (exact) mass is 402 g/mol. The average molecular weight is 402 g/mol. The van der Waals surface area contributed by atoms with Crippen molar-refractivity contribution in [1.82, 2.24) is 0 Å². The summed E-state index contributed by atoms with van der Waals surface area (Å²) in [4.78, 5) is 35.6. The molecule has 2 aliphatic carbocycles. The smallest absolute Gasteiger partial charge is 0.303 e. The molecule has 0 aromatic rings. The van der Waals surface area contributed by atoms with E-state index in [1.165, 1.54) is 13.8 Å². The number of allylic oxidation sites excluding steroid dienone is 1. The van der Waals surface area contributed by atoms with Crippen molar-refractivity contribution < 1.29 is 28.6 Å². The van der Waals surface area contributed by atoms with E-state index in [0.29, 0.717) is 31.5 Å². The van der Waals surface area contributed by atoms with E-state index in [9.17, 15) is 14.4 Å². The Labute approximate surface area is 171 Å². The average Bonchev–Trinajstić information content (AvgIpc) is 3.00. The summed E-state index contributed by atoms with van der Waals surface area (Å²) in [5, 5.41) is 0. The molecule has 0 radical (unpaired) electrons. The van der Waals surface area contributed by atoms with Crippen LogP contribution in [0.4, 0.5) is 0 Å². The number of hydrogen-bond donors (Lipinski definition) is 0. The van der Waals surface area contributed by atoms with E-state index in [2.05, 4.69) is 19.1 Å². The lowest BCUT2D eigenvalue weighted by Crippen LogP contribution is -2.54. The minimum Gasteiger partial charge on any atom is -0.458 e. The zero-order chi connectivity index (χ0) is 20.8. The Balaban J connectivity index is 1.78. The van der Waals surface area contributed by atoms with E-state index in [4.69, 9.17) is 14.2 Å². The largest absolute Gasteiger partial charge is 0.458 e. The molecule has 29 heavy (non-hydrogen) atoms. The molecule has 2 bridgehead atoms. The van der Waals surface area contributed by atoms with Gasteiger partial charge in [0.25, 0.3) is 0 Å². The van der Waals surface area contributed by atoms with E-state index in [1.807, 2.05) is 0 Å². The van der Waals surface area contributed by atoms with Crippen molar-refractivity contribution in [1.29, 1.82) is 0 Å². The minimum atomic E-state index is -0.633. The van der Waals surface area contributed by atoms with Gasteiger partial charge in [0.15, 0.2) is 6.10 Å². The van der Waals surface area contributed by atoms with Crippen molar-refractivity contribution in [2.75, 3.05) is 0 Å². The number of ketones is 1. The van der Waals surface area contributed by atoms with Crippen LogP contribution in [0.15, 0.2) is 23.3 Å². The molecule has 0 amide bonds. The van der Waals surface area contributed by atoms with Crippen LogP contribution in [-0.2, 0) is 28.6 Å². The van der Waals surface area contributed by atoms with Gasteiger partial charge in [0.2, 0.25) is 0 Å². The highest BCUT2D eigenvalue weighted by molar-refractivity contribution is 5.78. The first-order chi connectivity index (χ1) is 13.8. The van der Waals surface area contributed by atoms with Gasteiger partial charge in [0.1, 0.15) is 11.9 Å². The molecular formula is C23H30O6. The molecule has 2 fully saturated rings. The number of esters is 2. The Hall–Kier alpha value is -1.95. The lowest BCUT2D eigenvalue weighted by molar-refractivity contribution is -0.177. The SMILES string of the molecule is CC(=O)OC1CC[C@@]23CC[C@@]4(O2)/C(=C\CCC(=O)CC[C@@H]4C)C=C3[C@H]1OC(C)=O. The molecule has 1 unspecified atom stereocenters. The fourth-order valence-corrected chi connectivity index (χ4v) is 5.69. The van der Waals surface area contributed by atoms with Crippen molar-refractivity contribution in [3.63, 3.8) is 0 Å². The summed E-state index contributed by atoms with van der Waals surface area (Å²) in [5.74, 6) is -0.252.